The van der Waals surface area contributed by atoms with Crippen LogP contribution in [0, 0.1) is 0 Å². The Morgan fingerprint density at radius 3 is 2.41 bits per heavy atom. The molecule has 0 radical (unpaired) electrons. The van der Waals surface area contributed by atoms with E-state index in [4.69, 9.17) is 0 Å². The first-order valence-electron chi connectivity index (χ1n) is 9.83. The summed E-state index contributed by atoms with van der Waals surface area (Å²) in [4.78, 5) is 16.8. The number of β-amino-alcohol motifs (C(OH)–C–C–N with tert-alkyl or cyclic N) is 1. The smallest absolute Gasteiger partial charge is 0.271 e. The van der Waals surface area contributed by atoms with Gasteiger partial charge in [-0.05, 0) is 32.1 Å². The van der Waals surface area contributed by atoms with Gasteiger partial charge in [-0.2, -0.15) is 5.10 Å². The Bertz CT molecular complexity index is 971. The van der Waals surface area contributed by atoms with Gasteiger partial charge >= 0.3 is 0 Å². The second kappa shape index (κ2) is 7.81. The molecule has 1 saturated heterocycles. The molecule has 2 N–H and O–H groups in total. The number of carbonyl (C=O) groups is 1. The maximum atomic E-state index is 13.0. The molecule has 6 nitrogen and oxygen atoms in total. The molecule has 6 heteroatoms. The van der Waals surface area contributed by atoms with Gasteiger partial charge in [0.15, 0.2) is 0 Å². The number of rotatable bonds is 4. The minimum absolute atomic E-state index is 0.140. The van der Waals surface area contributed by atoms with Crippen molar-refractivity contribution in [3.63, 3.8) is 0 Å². The van der Waals surface area contributed by atoms with Crippen molar-refractivity contribution in [2.75, 3.05) is 27.2 Å². The summed E-state index contributed by atoms with van der Waals surface area (Å²) in [5.74, 6) is -0.140. The molecule has 2 heterocycles. The van der Waals surface area contributed by atoms with E-state index >= 15 is 0 Å². The van der Waals surface area contributed by atoms with Gasteiger partial charge in [-0.1, -0.05) is 60.7 Å². The van der Waals surface area contributed by atoms with Gasteiger partial charge in [0, 0.05) is 18.7 Å². The molecule has 1 aliphatic rings. The van der Waals surface area contributed by atoms with Gasteiger partial charge in [0.2, 0.25) is 0 Å². The van der Waals surface area contributed by atoms with Crippen molar-refractivity contribution in [3.05, 3.63) is 78.0 Å². The first-order chi connectivity index (χ1) is 14.0. The number of amides is 1. The number of aliphatic hydroxyl groups excluding tert-OH is 1. The molecule has 1 fully saturated rings. The number of likely N-dealkylation sites (N-methyl/N-ethyl adjacent to an activating group) is 1. The van der Waals surface area contributed by atoms with Crippen molar-refractivity contribution in [2.45, 2.75) is 18.1 Å². The van der Waals surface area contributed by atoms with Crippen LogP contribution in [-0.4, -0.2) is 64.3 Å². The van der Waals surface area contributed by atoms with Crippen molar-refractivity contribution in [3.8, 4) is 11.3 Å². The lowest BCUT2D eigenvalue weighted by Crippen LogP contribution is -2.60. The highest BCUT2D eigenvalue weighted by Crippen LogP contribution is 2.38. The Hall–Kier alpha value is -2.96. The van der Waals surface area contributed by atoms with E-state index in [1.807, 2.05) is 74.8 Å². The first kappa shape index (κ1) is 19.4. The number of aliphatic hydroxyl groups is 1. The summed E-state index contributed by atoms with van der Waals surface area (Å²) in [6, 6.07) is 21.6. The molecule has 0 aliphatic carbocycles. The Balaban J connectivity index is 1.54. The molecule has 3 aromatic rings. The summed E-state index contributed by atoms with van der Waals surface area (Å²) >= 11 is 0. The van der Waals surface area contributed by atoms with E-state index in [1.165, 1.54) is 0 Å². The van der Waals surface area contributed by atoms with Gasteiger partial charge in [-0.15, -0.1) is 0 Å². The molecule has 2 aromatic carbocycles. The average molecular weight is 390 g/mol. The van der Waals surface area contributed by atoms with E-state index in [2.05, 4.69) is 15.1 Å². The summed E-state index contributed by atoms with van der Waals surface area (Å²) < 4.78 is 0. The molecule has 1 aromatic heterocycles. The predicted octanol–water partition coefficient (Wildman–Crippen LogP) is 2.74. The fourth-order valence-electron chi connectivity index (χ4n) is 4.31. The lowest BCUT2D eigenvalue weighted by Gasteiger charge is -2.49. The minimum Gasteiger partial charge on any atom is -0.389 e. The number of hydrogen-bond donors (Lipinski definition) is 2. The molecule has 1 aliphatic heterocycles. The van der Waals surface area contributed by atoms with Crippen molar-refractivity contribution in [2.24, 2.45) is 0 Å². The summed E-state index contributed by atoms with van der Waals surface area (Å²) in [5, 5.41) is 18.3. The van der Waals surface area contributed by atoms with Gasteiger partial charge in [-0.25, -0.2) is 0 Å². The Kier molecular flexibility index (Phi) is 5.22. The summed E-state index contributed by atoms with van der Waals surface area (Å²) in [6.07, 6.45) is -0.0505. The number of hydrogen-bond acceptors (Lipinski definition) is 4. The number of nitrogens with zero attached hydrogens (tertiary/aromatic N) is 3. The van der Waals surface area contributed by atoms with Crippen LogP contribution in [0.3, 0.4) is 0 Å². The summed E-state index contributed by atoms with van der Waals surface area (Å²) in [7, 11) is 3.96. The van der Waals surface area contributed by atoms with E-state index in [0.29, 0.717) is 18.7 Å². The van der Waals surface area contributed by atoms with Crippen LogP contribution >= 0.6 is 0 Å². The summed E-state index contributed by atoms with van der Waals surface area (Å²) in [5.41, 5.74) is 2.68. The Morgan fingerprint density at radius 2 is 1.79 bits per heavy atom. The zero-order valence-electron chi connectivity index (χ0n) is 16.7. The standard InChI is InChI=1S/C23H26N4O2/c1-26(2)23(18-11-7-4-8-12-18)13-14-27(16-21(23)28)22(29)20-15-19(24-25-20)17-9-5-3-6-10-17/h3-12,15,21,28H,13-14,16H2,1-2H3,(H,24,25)/t21-,23+/m1/s1. The highest BCUT2D eigenvalue weighted by molar-refractivity contribution is 5.93. The van der Waals surface area contributed by atoms with Crippen molar-refractivity contribution in [1.29, 1.82) is 0 Å². The molecule has 29 heavy (non-hydrogen) atoms. The number of aromatic nitrogens is 2. The number of H-pyrrole nitrogens is 1. The molecule has 0 unspecified atom stereocenters. The molecule has 0 spiro atoms. The number of carbonyl (C=O) groups excluding carboxylic acids is 1. The molecule has 0 bridgehead atoms. The van der Waals surface area contributed by atoms with Crippen LogP contribution in [0.25, 0.3) is 11.3 Å². The maximum absolute atomic E-state index is 13.0. The minimum atomic E-state index is -0.700. The Labute approximate surface area is 170 Å². The van der Waals surface area contributed by atoms with Crippen LogP contribution in [0.4, 0.5) is 0 Å². The highest BCUT2D eigenvalue weighted by Gasteiger charge is 2.46. The topological polar surface area (TPSA) is 72.5 Å². The fraction of sp³-hybridized carbons (Fsp3) is 0.304. The van der Waals surface area contributed by atoms with Crippen LogP contribution in [0.15, 0.2) is 66.7 Å². The van der Waals surface area contributed by atoms with Crippen LogP contribution in [0.1, 0.15) is 22.5 Å². The lowest BCUT2D eigenvalue weighted by atomic mass is 9.77. The highest BCUT2D eigenvalue weighted by atomic mass is 16.3. The van der Waals surface area contributed by atoms with Crippen LogP contribution in [-0.2, 0) is 5.54 Å². The van der Waals surface area contributed by atoms with Gasteiger partial charge in [-0.3, -0.25) is 14.8 Å². The van der Waals surface area contributed by atoms with E-state index < -0.39 is 11.6 Å². The van der Waals surface area contributed by atoms with Gasteiger partial charge in [0.25, 0.3) is 5.91 Å². The monoisotopic (exact) mass is 390 g/mol. The second-order valence-electron chi connectivity index (χ2n) is 7.73. The largest absolute Gasteiger partial charge is 0.389 e. The van der Waals surface area contributed by atoms with Crippen LogP contribution < -0.4 is 0 Å². The van der Waals surface area contributed by atoms with Crippen molar-refractivity contribution >= 4 is 5.91 Å². The van der Waals surface area contributed by atoms with Gasteiger partial charge in [0.05, 0.1) is 17.3 Å². The van der Waals surface area contributed by atoms with Gasteiger partial charge < -0.3 is 10.0 Å². The number of benzene rings is 2. The zero-order valence-corrected chi connectivity index (χ0v) is 16.7. The van der Waals surface area contributed by atoms with Gasteiger partial charge in [0.1, 0.15) is 5.69 Å². The van der Waals surface area contributed by atoms with E-state index in [-0.39, 0.29) is 12.5 Å². The second-order valence-corrected chi connectivity index (χ2v) is 7.73. The third kappa shape index (κ3) is 3.45. The Morgan fingerprint density at radius 1 is 1.14 bits per heavy atom. The normalized spacial score (nSPS) is 22.1. The van der Waals surface area contributed by atoms with Crippen molar-refractivity contribution < 1.29 is 9.90 Å². The average Bonchev–Trinajstić information content (AvgIpc) is 3.24. The molecule has 0 saturated carbocycles. The molecular formula is C23H26N4O2. The van der Waals surface area contributed by atoms with E-state index in [9.17, 15) is 9.90 Å². The third-order valence-corrected chi connectivity index (χ3v) is 5.94. The molecule has 4 rings (SSSR count). The zero-order chi connectivity index (χ0) is 20.4. The number of likely N-dealkylation sites (tertiary alicyclic amines) is 1. The molecule has 1 amide bonds. The van der Waals surface area contributed by atoms with Crippen LogP contribution in [0.2, 0.25) is 0 Å². The first-order valence-corrected chi connectivity index (χ1v) is 9.83. The van der Waals surface area contributed by atoms with Crippen LogP contribution in [0.5, 0.6) is 0 Å². The molecule has 2 atom stereocenters. The quantitative estimate of drug-likeness (QED) is 0.719. The predicted molar refractivity (Wildman–Crippen MR) is 112 cm³/mol. The molecule has 150 valence electrons. The van der Waals surface area contributed by atoms with E-state index in [0.717, 1.165) is 16.8 Å². The number of piperidine rings is 1. The fourth-order valence-corrected chi connectivity index (χ4v) is 4.31. The van der Waals surface area contributed by atoms with E-state index in [1.54, 1.807) is 11.0 Å². The number of nitrogens with one attached hydrogen (secondary N) is 1. The van der Waals surface area contributed by atoms with Crippen molar-refractivity contribution in [1.82, 2.24) is 20.0 Å². The SMILES string of the molecule is CN(C)[C@]1(c2ccccc2)CCN(C(=O)c2cc(-c3ccccc3)n[nH]2)C[C@H]1O. The third-order valence-electron chi connectivity index (χ3n) is 5.94. The lowest BCUT2D eigenvalue weighted by molar-refractivity contribution is -0.0613. The molecular weight excluding hydrogens is 364 g/mol. The summed E-state index contributed by atoms with van der Waals surface area (Å²) in [6.45, 7) is 0.828. The number of aromatic amines is 1. The maximum Gasteiger partial charge on any atom is 0.271 e.